The van der Waals surface area contributed by atoms with Gasteiger partial charge in [-0.1, -0.05) is 150 Å². The smallest absolute Gasteiger partial charge is 0.303 e. The SMILES string of the molecule is CCCCCCCC[C@H](CCCCCCC(=O)O)O[Si](C)(C)C(C)(C)C.CCCCCCCC[C@H](O)CCCCCCC(=O)O. The lowest BCUT2D eigenvalue weighted by Gasteiger charge is -2.39. The van der Waals surface area contributed by atoms with Crippen LogP contribution >= 0.6 is 0 Å². The van der Waals surface area contributed by atoms with Crippen LogP contribution in [0.3, 0.4) is 0 Å². The van der Waals surface area contributed by atoms with Gasteiger partial charge >= 0.3 is 11.9 Å². The highest BCUT2D eigenvalue weighted by Crippen LogP contribution is 2.38. The Kier molecular flexibility index (Phi) is 31.2. The van der Waals surface area contributed by atoms with Crippen molar-refractivity contribution in [3.63, 3.8) is 0 Å². The molecule has 6 nitrogen and oxygen atoms in total. The molecule has 0 spiro atoms. The summed E-state index contributed by atoms with van der Waals surface area (Å²) in [5, 5.41) is 27.3. The molecule has 2 atom stereocenters. The number of unbranched alkanes of at least 4 members (excludes halogenated alkanes) is 16. The standard InChI is InChI=1S/C22H46O3Si.C16H32O3/c1-7-8-9-10-11-14-17-20(25-26(5,6)22(2,3)4)18-15-12-13-16-19-21(23)24;1-2-3-4-5-6-9-12-15(17)13-10-7-8-11-14-16(18)19/h20H,7-19H2,1-6H3,(H,23,24);15,17H,2-14H2,1H3,(H,18,19)/t20-;15-/m10/s1. The van der Waals surface area contributed by atoms with Crippen LogP contribution < -0.4 is 0 Å². The second kappa shape index (κ2) is 30.4. The van der Waals surface area contributed by atoms with Crippen LogP contribution in [0.4, 0.5) is 0 Å². The number of hydrogen-bond acceptors (Lipinski definition) is 4. The first-order valence-corrected chi connectivity index (χ1v) is 22.0. The topological polar surface area (TPSA) is 104 Å². The molecule has 0 aliphatic carbocycles. The van der Waals surface area contributed by atoms with Crippen LogP contribution in [0.15, 0.2) is 0 Å². The molecule has 0 saturated heterocycles. The van der Waals surface area contributed by atoms with Crippen molar-refractivity contribution >= 4 is 20.3 Å². The summed E-state index contributed by atoms with van der Waals surface area (Å²) in [5.74, 6) is -1.38. The molecule has 0 unspecified atom stereocenters. The van der Waals surface area contributed by atoms with Crippen LogP contribution in [0.2, 0.25) is 18.1 Å². The van der Waals surface area contributed by atoms with Gasteiger partial charge in [0.2, 0.25) is 0 Å². The molecule has 0 aromatic rings. The molecule has 0 aromatic carbocycles. The quantitative estimate of drug-likeness (QED) is 0.0524. The fourth-order valence-corrected chi connectivity index (χ4v) is 6.75. The third-order valence-corrected chi connectivity index (χ3v) is 13.9. The van der Waals surface area contributed by atoms with Crippen LogP contribution in [0.25, 0.3) is 0 Å². The van der Waals surface area contributed by atoms with Gasteiger partial charge in [0.15, 0.2) is 8.32 Å². The first kappa shape index (κ1) is 46.2. The third kappa shape index (κ3) is 32.8. The molecular weight excluding hydrogens is 580 g/mol. The van der Waals surface area contributed by atoms with E-state index in [4.69, 9.17) is 14.6 Å². The van der Waals surface area contributed by atoms with Crippen molar-refractivity contribution in [3.8, 4) is 0 Å². The van der Waals surface area contributed by atoms with Gasteiger partial charge in [0.1, 0.15) is 0 Å². The van der Waals surface area contributed by atoms with Gasteiger partial charge in [0, 0.05) is 18.9 Å². The van der Waals surface area contributed by atoms with Crippen molar-refractivity contribution in [2.45, 2.75) is 232 Å². The Morgan fingerprint density at radius 3 is 1.20 bits per heavy atom. The molecule has 0 aliphatic rings. The maximum atomic E-state index is 10.6. The largest absolute Gasteiger partial charge is 0.481 e. The summed E-state index contributed by atoms with van der Waals surface area (Å²) in [7, 11) is -1.72. The van der Waals surface area contributed by atoms with E-state index in [0.29, 0.717) is 12.5 Å². The number of rotatable bonds is 30. The van der Waals surface area contributed by atoms with Gasteiger partial charge in [0.05, 0.1) is 6.10 Å². The second-order valence-corrected chi connectivity index (χ2v) is 19.7. The van der Waals surface area contributed by atoms with Gasteiger partial charge in [-0.05, 0) is 56.7 Å². The molecule has 0 heterocycles. The maximum absolute atomic E-state index is 10.6. The summed E-state index contributed by atoms with van der Waals surface area (Å²) in [6, 6.07) is 0. The van der Waals surface area contributed by atoms with Gasteiger partial charge < -0.3 is 19.7 Å². The number of aliphatic hydroxyl groups is 1. The summed E-state index contributed by atoms with van der Waals surface area (Å²) >= 11 is 0. The zero-order chi connectivity index (χ0) is 34.4. The van der Waals surface area contributed by atoms with E-state index in [-0.39, 0.29) is 17.6 Å². The number of aliphatic carboxylic acids is 2. The van der Waals surface area contributed by atoms with Gasteiger partial charge in [-0.15, -0.1) is 0 Å². The van der Waals surface area contributed by atoms with Gasteiger partial charge in [0.25, 0.3) is 0 Å². The zero-order valence-corrected chi connectivity index (χ0v) is 32.1. The number of carboxylic acids is 2. The van der Waals surface area contributed by atoms with Gasteiger partial charge in [-0.3, -0.25) is 9.59 Å². The van der Waals surface area contributed by atoms with Gasteiger partial charge in [-0.2, -0.15) is 0 Å². The molecule has 3 N–H and O–H groups in total. The Morgan fingerprint density at radius 1 is 0.556 bits per heavy atom. The molecule has 0 fully saturated rings. The van der Waals surface area contributed by atoms with Crippen LogP contribution in [0.5, 0.6) is 0 Å². The van der Waals surface area contributed by atoms with E-state index in [1.807, 2.05) is 0 Å². The Morgan fingerprint density at radius 2 is 0.867 bits per heavy atom. The minimum Gasteiger partial charge on any atom is -0.481 e. The Bertz CT molecular complexity index is 676. The van der Waals surface area contributed by atoms with E-state index in [9.17, 15) is 14.7 Å². The van der Waals surface area contributed by atoms with Crippen LogP contribution in [-0.4, -0.2) is 47.8 Å². The van der Waals surface area contributed by atoms with Crippen molar-refractivity contribution in [2.24, 2.45) is 0 Å². The van der Waals surface area contributed by atoms with Crippen molar-refractivity contribution in [2.75, 3.05) is 0 Å². The molecular formula is C38H78O6Si. The first-order chi connectivity index (χ1) is 21.3. The molecule has 45 heavy (non-hydrogen) atoms. The Balaban J connectivity index is 0. The maximum Gasteiger partial charge on any atom is 0.303 e. The fraction of sp³-hybridized carbons (Fsp3) is 0.947. The molecule has 7 heteroatoms. The highest BCUT2D eigenvalue weighted by Gasteiger charge is 2.38. The third-order valence-electron chi connectivity index (χ3n) is 9.38. The lowest BCUT2D eigenvalue weighted by Crippen LogP contribution is -2.44. The summed E-state index contributed by atoms with van der Waals surface area (Å²) in [5.41, 5.74) is 0. The van der Waals surface area contributed by atoms with Crippen LogP contribution in [0.1, 0.15) is 202 Å². The monoisotopic (exact) mass is 659 g/mol. The molecule has 0 aliphatic heterocycles. The molecule has 0 saturated carbocycles. The molecule has 0 radical (unpaired) electrons. The van der Waals surface area contributed by atoms with Crippen molar-refractivity contribution in [1.82, 2.24) is 0 Å². The summed E-state index contributed by atoms with van der Waals surface area (Å²) in [6.45, 7) is 16.1. The summed E-state index contributed by atoms with van der Waals surface area (Å²) in [4.78, 5) is 20.9. The zero-order valence-electron chi connectivity index (χ0n) is 31.1. The fourth-order valence-electron chi connectivity index (χ4n) is 5.32. The lowest BCUT2D eigenvalue weighted by atomic mass is 10.0. The number of hydrogen-bond donors (Lipinski definition) is 3. The normalized spacial score (nSPS) is 13.2. The lowest BCUT2D eigenvalue weighted by molar-refractivity contribution is -0.138. The highest BCUT2D eigenvalue weighted by atomic mass is 28.4. The first-order valence-electron chi connectivity index (χ1n) is 19.1. The van der Waals surface area contributed by atoms with E-state index in [2.05, 4.69) is 47.7 Å². The van der Waals surface area contributed by atoms with E-state index >= 15 is 0 Å². The predicted molar refractivity (Wildman–Crippen MR) is 195 cm³/mol. The average molecular weight is 659 g/mol. The van der Waals surface area contributed by atoms with E-state index in [1.54, 1.807) is 0 Å². The predicted octanol–water partition coefficient (Wildman–Crippen LogP) is 12.1. The number of carbonyl (C=O) groups is 2. The molecule has 270 valence electrons. The average Bonchev–Trinajstić information content (AvgIpc) is 2.95. The molecule has 0 aromatic heterocycles. The minimum atomic E-state index is -1.72. The molecule has 0 rings (SSSR count). The number of carboxylic acid groups (broad SMARTS) is 2. The van der Waals surface area contributed by atoms with Crippen molar-refractivity contribution in [1.29, 1.82) is 0 Å². The van der Waals surface area contributed by atoms with E-state index in [0.717, 1.165) is 77.0 Å². The van der Waals surface area contributed by atoms with Crippen molar-refractivity contribution in [3.05, 3.63) is 0 Å². The summed E-state index contributed by atoms with van der Waals surface area (Å²) < 4.78 is 6.72. The Labute approximate surface area is 281 Å². The second-order valence-electron chi connectivity index (χ2n) is 15.0. The minimum absolute atomic E-state index is 0.148. The van der Waals surface area contributed by atoms with Crippen molar-refractivity contribution < 1.29 is 29.3 Å². The van der Waals surface area contributed by atoms with Crippen LogP contribution in [-0.2, 0) is 14.0 Å². The number of aliphatic hydroxyl groups excluding tert-OH is 1. The van der Waals surface area contributed by atoms with Crippen LogP contribution in [0, 0.1) is 0 Å². The summed E-state index contributed by atoms with van der Waals surface area (Å²) in [6.07, 6.45) is 28.5. The Hall–Kier alpha value is -0.923. The van der Waals surface area contributed by atoms with E-state index < -0.39 is 20.3 Å². The molecule has 0 amide bonds. The highest BCUT2D eigenvalue weighted by molar-refractivity contribution is 6.74. The molecule has 0 bridgehead atoms. The van der Waals surface area contributed by atoms with Gasteiger partial charge in [-0.25, -0.2) is 0 Å². The van der Waals surface area contributed by atoms with E-state index in [1.165, 1.54) is 77.0 Å².